The molecule has 1 rings (SSSR count). The molecule has 0 heterocycles. The molecule has 0 N–H and O–H groups in total. The molecule has 0 aliphatic carbocycles. The van der Waals surface area contributed by atoms with Gasteiger partial charge in [0.15, 0.2) is 5.78 Å². The van der Waals surface area contributed by atoms with E-state index in [1.807, 2.05) is 22.6 Å². The van der Waals surface area contributed by atoms with Crippen LogP contribution in [0, 0.1) is 3.57 Å². The zero-order valence-corrected chi connectivity index (χ0v) is 11.1. The molecule has 0 spiro atoms. The number of ether oxygens (including phenoxy) is 1. The molecule has 0 aromatic heterocycles. The minimum atomic E-state index is -2.96. The third-order valence-corrected chi connectivity index (χ3v) is 2.85. The molecule has 16 heavy (non-hydrogen) atoms. The minimum Gasteiger partial charge on any atom is -0.433 e. The largest absolute Gasteiger partial charge is 0.433 e. The van der Waals surface area contributed by atoms with Gasteiger partial charge in [-0.25, -0.2) is 0 Å². The lowest BCUT2D eigenvalue weighted by molar-refractivity contribution is -0.0507. The number of rotatable bonds is 4. The van der Waals surface area contributed by atoms with Gasteiger partial charge in [-0.05, 0) is 41.6 Å². The number of para-hydroxylation sites is 1. The van der Waals surface area contributed by atoms with Crippen molar-refractivity contribution >= 4 is 40.0 Å². The van der Waals surface area contributed by atoms with Crippen LogP contribution in [0.3, 0.4) is 0 Å². The van der Waals surface area contributed by atoms with Crippen molar-refractivity contribution in [3.63, 3.8) is 0 Å². The average molecular weight is 361 g/mol. The first-order valence-electron chi connectivity index (χ1n) is 4.35. The average Bonchev–Trinajstić information content (AvgIpc) is 2.19. The maximum Gasteiger partial charge on any atom is 0.387 e. The zero-order chi connectivity index (χ0) is 12.3. The third-order valence-electron chi connectivity index (χ3n) is 1.80. The van der Waals surface area contributed by atoms with E-state index in [9.17, 15) is 13.6 Å². The first kappa shape index (κ1) is 13.6. The Morgan fingerprint density at radius 1 is 1.50 bits per heavy atom. The van der Waals surface area contributed by atoms with E-state index in [1.165, 1.54) is 13.0 Å². The second kappa shape index (κ2) is 5.77. The highest BCUT2D eigenvalue weighted by Crippen LogP contribution is 2.28. The lowest BCUT2D eigenvalue weighted by Gasteiger charge is -2.12. The quantitative estimate of drug-likeness (QED) is 0.465. The van der Waals surface area contributed by atoms with Gasteiger partial charge in [-0.2, -0.15) is 8.78 Å². The molecule has 0 aliphatic heterocycles. The predicted octanol–water partition coefficient (Wildman–Crippen LogP) is 3.70. The Balaban J connectivity index is 3.17. The fraction of sp³-hybridized carbons (Fsp3) is 0.300. The standard InChI is InChI=1S/C10H8ClF2IO2/c1-5(11)8(15)6-3-2-4-7(14)9(6)16-10(12)13/h2-5,10H,1H3. The molecule has 1 aromatic rings. The first-order chi connectivity index (χ1) is 7.43. The number of ketones is 1. The van der Waals surface area contributed by atoms with E-state index in [1.54, 1.807) is 12.1 Å². The van der Waals surface area contributed by atoms with Crippen LogP contribution in [-0.2, 0) is 0 Å². The van der Waals surface area contributed by atoms with Crippen LogP contribution in [0.4, 0.5) is 8.78 Å². The van der Waals surface area contributed by atoms with Crippen molar-refractivity contribution < 1.29 is 18.3 Å². The molecule has 0 aliphatic rings. The molecule has 0 fully saturated rings. The van der Waals surface area contributed by atoms with Gasteiger partial charge in [0.1, 0.15) is 5.75 Å². The summed E-state index contributed by atoms with van der Waals surface area (Å²) in [4.78, 5) is 11.6. The Morgan fingerprint density at radius 3 is 2.62 bits per heavy atom. The van der Waals surface area contributed by atoms with Crippen molar-refractivity contribution in [1.29, 1.82) is 0 Å². The number of carbonyl (C=O) groups is 1. The van der Waals surface area contributed by atoms with Gasteiger partial charge in [0.2, 0.25) is 0 Å². The van der Waals surface area contributed by atoms with Crippen LogP contribution in [-0.4, -0.2) is 17.8 Å². The van der Waals surface area contributed by atoms with E-state index in [0.29, 0.717) is 3.57 Å². The van der Waals surface area contributed by atoms with E-state index < -0.39 is 17.8 Å². The summed E-state index contributed by atoms with van der Waals surface area (Å²) < 4.78 is 29.1. The lowest BCUT2D eigenvalue weighted by atomic mass is 10.1. The van der Waals surface area contributed by atoms with Gasteiger partial charge in [0.25, 0.3) is 0 Å². The molecule has 2 nitrogen and oxygen atoms in total. The highest BCUT2D eigenvalue weighted by atomic mass is 127. The van der Waals surface area contributed by atoms with E-state index in [0.717, 1.165) is 0 Å². The Hall–Kier alpha value is -0.430. The summed E-state index contributed by atoms with van der Waals surface area (Å²) in [6.07, 6.45) is 0. The number of hydrogen-bond donors (Lipinski definition) is 0. The molecular formula is C10H8ClF2IO2. The number of hydrogen-bond acceptors (Lipinski definition) is 2. The molecule has 0 bridgehead atoms. The molecule has 1 unspecified atom stereocenters. The summed E-state index contributed by atoms with van der Waals surface area (Å²) in [6.45, 7) is -1.48. The Bertz CT molecular complexity index is 396. The van der Waals surface area contributed by atoms with Gasteiger partial charge in [-0.15, -0.1) is 11.6 Å². The van der Waals surface area contributed by atoms with Gasteiger partial charge >= 0.3 is 6.61 Å². The number of halogens is 4. The van der Waals surface area contributed by atoms with Crippen molar-refractivity contribution in [1.82, 2.24) is 0 Å². The highest BCUT2D eigenvalue weighted by molar-refractivity contribution is 14.1. The molecule has 1 atom stereocenters. The summed E-state index contributed by atoms with van der Waals surface area (Å²) in [5, 5.41) is -0.779. The topological polar surface area (TPSA) is 26.3 Å². The van der Waals surface area contributed by atoms with Gasteiger partial charge < -0.3 is 4.74 Å². The van der Waals surface area contributed by atoms with Crippen molar-refractivity contribution in [2.45, 2.75) is 18.9 Å². The Kier molecular flexibility index (Phi) is 4.91. The van der Waals surface area contributed by atoms with Gasteiger partial charge in [-0.3, -0.25) is 4.79 Å². The fourth-order valence-corrected chi connectivity index (χ4v) is 1.87. The summed E-state index contributed by atoms with van der Waals surface area (Å²) in [7, 11) is 0. The predicted molar refractivity (Wildman–Crippen MR) is 65.4 cm³/mol. The van der Waals surface area contributed by atoms with Crippen LogP contribution in [0.25, 0.3) is 0 Å². The maximum atomic E-state index is 12.2. The van der Waals surface area contributed by atoms with Gasteiger partial charge in [0.05, 0.1) is 14.5 Å². The summed E-state index contributed by atoms with van der Waals surface area (Å²) in [5.74, 6) is -0.550. The maximum absolute atomic E-state index is 12.2. The first-order valence-corrected chi connectivity index (χ1v) is 5.86. The fourth-order valence-electron chi connectivity index (χ4n) is 1.13. The Labute approximate surface area is 110 Å². The SMILES string of the molecule is CC(Cl)C(=O)c1cccc(I)c1OC(F)F. The van der Waals surface area contributed by atoms with E-state index in [4.69, 9.17) is 11.6 Å². The highest BCUT2D eigenvalue weighted by Gasteiger charge is 2.21. The van der Waals surface area contributed by atoms with Crippen LogP contribution in [0.2, 0.25) is 0 Å². The van der Waals surface area contributed by atoms with E-state index >= 15 is 0 Å². The van der Waals surface area contributed by atoms with Crippen molar-refractivity contribution in [3.8, 4) is 5.75 Å². The summed E-state index contributed by atoms with van der Waals surface area (Å²) in [5.41, 5.74) is 0.0784. The zero-order valence-electron chi connectivity index (χ0n) is 8.22. The molecule has 0 amide bonds. The molecule has 1 aromatic carbocycles. The van der Waals surface area contributed by atoms with Gasteiger partial charge in [-0.1, -0.05) is 6.07 Å². The number of benzene rings is 1. The number of Topliss-reactive ketones (excluding diaryl/α,β-unsaturated/α-hetero) is 1. The van der Waals surface area contributed by atoms with Crippen LogP contribution in [0.15, 0.2) is 18.2 Å². The van der Waals surface area contributed by atoms with Crippen LogP contribution >= 0.6 is 34.2 Å². The van der Waals surface area contributed by atoms with E-state index in [-0.39, 0.29) is 11.3 Å². The summed E-state index contributed by atoms with van der Waals surface area (Å²) >= 11 is 7.45. The van der Waals surface area contributed by atoms with E-state index in [2.05, 4.69) is 4.74 Å². The molecular weight excluding hydrogens is 352 g/mol. The van der Waals surface area contributed by atoms with Crippen LogP contribution in [0.5, 0.6) is 5.75 Å². The Morgan fingerprint density at radius 2 is 2.12 bits per heavy atom. The van der Waals surface area contributed by atoms with Crippen LogP contribution < -0.4 is 4.74 Å². The smallest absolute Gasteiger partial charge is 0.387 e. The van der Waals surface area contributed by atoms with Crippen LogP contribution in [0.1, 0.15) is 17.3 Å². The lowest BCUT2D eigenvalue weighted by Crippen LogP contribution is -2.14. The third kappa shape index (κ3) is 3.28. The van der Waals surface area contributed by atoms with Crippen molar-refractivity contribution in [3.05, 3.63) is 27.3 Å². The number of carbonyl (C=O) groups excluding carboxylic acids is 1. The van der Waals surface area contributed by atoms with Crippen molar-refractivity contribution in [2.24, 2.45) is 0 Å². The number of alkyl halides is 3. The van der Waals surface area contributed by atoms with Gasteiger partial charge in [0, 0.05) is 0 Å². The minimum absolute atomic E-state index is 0.0784. The second-order valence-corrected chi connectivity index (χ2v) is 4.79. The molecule has 88 valence electrons. The summed E-state index contributed by atoms with van der Waals surface area (Å²) in [6, 6.07) is 4.58. The second-order valence-electron chi connectivity index (χ2n) is 2.98. The molecule has 0 saturated heterocycles. The normalized spacial score (nSPS) is 12.6. The molecule has 0 radical (unpaired) electrons. The molecule has 6 heteroatoms. The van der Waals surface area contributed by atoms with Crippen molar-refractivity contribution in [2.75, 3.05) is 0 Å². The molecule has 0 saturated carbocycles. The monoisotopic (exact) mass is 360 g/mol.